The molecule has 0 spiro atoms. The summed E-state index contributed by atoms with van der Waals surface area (Å²) in [6.45, 7) is 4.37. The lowest BCUT2D eigenvalue weighted by molar-refractivity contribution is -0.146. The summed E-state index contributed by atoms with van der Waals surface area (Å²) in [4.78, 5) is 14.5. The molecule has 1 amide bonds. The zero-order chi connectivity index (χ0) is 14.0. The average molecular weight is 262 g/mol. The van der Waals surface area contributed by atoms with E-state index < -0.39 is 5.41 Å². The van der Waals surface area contributed by atoms with E-state index in [0.29, 0.717) is 12.0 Å². The van der Waals surface area contributed by atoms with Gasteiger partial charge in [-0.1, -0.05) is 20.3 Å². The van der Waals surface area contributed by atoms with E-state index in [1.165, 1.54) is 19.3 Å². The summed E-state index contributed by atoms with van der Waals surface area (Å²) in [5.74, 6) is 1.44. The van der Waals surface area contributed by atoms with Crippen molar-refractivity contribution in [2.45, 2.75) is 64.8 Å². The maximum absolute atomic E-state index is 12.6. The number of carbonyl (C=O) groups excluding carboxylic acids is 1. The lowest BCUT2D eigenvalue weighted by atomic mass is 9.62. The van der Waals surface area contributed by atoms with Crippen molar-refractivity contribution in [1.82, 2.24) is 4.90 Å². The molecule has 2 aliphatic rings. The molecule has 0 atom stereocenters. The Morgan fingerprint density at radius 3 is 2.32 bits per heavy atom. The summed E-state index contributed by atoms with van der Waals surface area (Å²) in [5.41, 5.74) is -0.699. The van der Waals surface area contributed by atoms with Gasteiger partial charge in [0.15, 0.2) is 0 Å². The van der Waals surface area contributed by atoms with Gasteiger partial charge in [-0.05, 0) is 50.4 Å². The Labute approximate surface area is 117 Å². The van der Waals surface area contributed by atoms with Crippen LogP contribution in [0.1, 0.15) is 58.8 Å². The molecule has 0 unspecified atom stereocenters. The number of amides is 1. The molecule has 106 valence electrons. The minimum Gasteiger partial charge on any atom is -0.341 e. The van der Waals surface area contributed by atoms with Crippen molar-refractivity contribution in [3.63, 3.8) is 0 Å². The fourth-order valence-corrected chi connectivity index (χ4v) is 3.89. The molecule has 0 N–H and O–H groups in total. The molecule has 2 saturated carbocycles. The van der Waals surface area contributed by atoms with Crippen molar-refractivity contribution in [3.8, 4) is 6.07 Å². The third kappa shape index (κ3) is 2.63. The van der Waals surface area contributed by atoms with Crippen LogP contribution in [0.5, 0.6) is 0 Å². The topological polar surface area (TPSA) is 44.1 Å². The molecule has 0 saturated heterocycles. The van der Waals surface area contributed by atoms with E-state index in [1.807, 2.05) is 11.9 Å². The Hall–Kier alpha value is -1.04. The van der Waals surface area contributed by atoms with Gasteiger partial charge >= 0.3 is 0 Å². The standard InChI is InChI=1S/C16H26N2O/c1-4-13-5-7-14(8-6-13)18(3)15(19)16(11-17)9-12(2)10-16/h12-14H,4-10H2,1-3H3. The van der Waals surface area contributed by atoms with Gasteiger partial charge < -0.3 is 4.90 Å². The van der Waals surface area contributed by atoms with Crippen LogP contribution in [0.25, 0.3) is 0 Å². The normalized spacial score (nSPS) is 38.1. The van der Waals surface area contributed by atoms with Gasteiger partial charge in [0.1, 0.15) is 5.41 Å². The van der Waals surface area contributed by atoms with E-state index >= 15 is 0 Å². The highest BCUT2D eigenvalue weighted by Crippen LogP contribution is 2.46. The first-order valence-electron chi connectivity index (χ1n) is 7.71. The van der Waals surface area contributed by atoms with Crippen LogP contribution >= 0.6 is 0 Å². The van der Waals surface area contributed by atoms with Crippen LogP contribution in [0, 0.1) is 28.6 Å². The zero-order valence-electron chi connectivity index (χ0n) is 12.5. The second-order valence-corrected chi connectivity index (χ2v) is 6.71. The van der Waals surface area contributed by atoms with Crippen LogP contribution in [-0.2, 0) is 4.79 Å². The second-order valence-electron chi connectivity index (χ2n) is 6.71. The van der Waals surface area contributed by atoms with Gasteiger partial charge in [0, 0.05) is 13.1 Å². The number of nitrogens with zero attached hydrogens (tertiary/aromatic N) is 2. The van der Waals surface area contributed by atoms with Crippen molar-refractivity contribution < 1.29 is 4.79 Å². The molecule has 0 aliphatic heterocycles. The maximum Gasteiger partial charge on any atom is 0.243 e. The summed E-state index contributed by atoms with van der Waals surface area (Å²) in [5, 5.41) is 9.35. The first-order valence-corrected chi connectivity index (χ1v) is 7.71. The van der Waals surface area contributed by atoms with Crippen molar-refractivity contribution in [2.75, 3.05) is 7.05 Å². The zero-order valence-corrected chi connectivity index (χ0v) is 12.5. The molecule has 0 radical (unpaired) electrons. The maximum atomic E-state index is 12.6. The third-order valence-electron chi connectivity index (χ3n) is 5.28. The Morgan fingerprint density at radius 1 is 1.32 bits per heavy atom. The first-order chi connectivity index (χ1) is 9.02. The monoisotopic (exact) mass is 262 g/mol. The van der Waals surface area contributed by atoms with Crippen molar-refractivity contribution in [3.05, 3.63) is 0 Å². The Morgan fingerprint density at radius 2 is 1.89 bits per heavy atom. The van der Waals surface area contributed by atoms with E-state index in [1.54, 1.807) is 0 Å². The van der Waals surface area contributed by atoms with Crippen LogP contribution in [-0.4, -0.2) is 23.9 Å². The number of hydrogen-bond acceptors (Lipinski definition) is 2. The number of hydrogen-bond donors (Lipinski definition) is 0. The molecular weight excluding hydrogens is 236 g/mol. The van der Waals surface area contributed by atoms with Crippen LogP contribution in [0.2, 0.25) is 0 Å². The molecule has 3 nitrogen and oxygen atoms in total. The lowest BCUT2D eigenvalue weighted by Crippen LogP contribution is -2.52. The molecule has 0 aromatic heterocycles. The lowest BCUT2D eigenvalue weighted by Gasteiger charge is -2.44. The van der Waals surface area contributed by atoms with Gasteiger partial charge in [-0.25, -0.2) is 0 Å². The van der Waals surface area contributed by atoms with Gasteiger partial charge in [0.05, 0.1) is 6.07 Å². The second kappa shape index (κ2) is 5.53. The third-order valence-corrected chi connectivity index (χ3v) is 5.28. The van der Waals surface area contributed by atoms with Crippen LogP contribution in [0.3, 0.4) is 0 Å². The predicted octanol–water partition coefficient (Wildman–Crippen LogP) is 3.35. The molecule has 0 aromatic rings. The molecule has 2 fully saturated rings. The van der Waals surface area contributed by atoms with Crippen molar-refractivity contribution in [2.24, 2.45) is 17.3 Å². The SMILES string of the molecule is CCC1CCC(N(C)C(=O)C2(C#N)CC(C)C2)CC1. The highest BCUT2D eigenvalue weighted by atomic mass is 16.2. The molecule has 0 aromatic carbocycles. The van der Waals surface area contributed by atoms with Gasteiger partial charge in [-0.15, -0.1) is 0 Å². The van der Waals surface area contributed by atoms with E-state index in [2.05, 4.69) is 19.9 Å². The summed E-state index contributed by atoms with van der Waals surface area (Å²) >= 11 is 0. The first kappa shape index (κ1) is 14.4. The minimum atomic E-state index is -0.699. The minimum absolute atomic E-state index is 0.0769. The molecule has 2 rings (SSSR count). The Bertz CT molecular complexity index is 371. The summed E-state index contributed by atoms with van der Waals surface area (Å²) in [6, 6.07) is 2.65. The average Bonchev–Trinajstić information content (AvgIpc) is 2.42. The van der Waals surface area contributed by atoms with E-state index in [4.69, 9.17) is 0 Å². The van der Waals surface area contributed by atoms with Gasteiger partial charge in [-0.3, -0.25) is 4.79 Å². The van der Waals surface area contributed by atoms with Gasteiger partial charge in [0.2, 0.25) is 5.91 Å². The molecule has 2 aliphatic carbocycles. The number of nitriles is 1. The molecular formula is C16H26N2O. The Balaban J connectivity index is 1.95. The summed E-state index contributed by atoms with van der Waals surface area (Å²) in [6.07, 6.45) is 7.43. The van der Waals surface area contributed by atoms with E-state index in [-0.39, 0.29) is 5.91 Å². The highest BCUT2D eigenvalue weighted by Gasteiger charge is 2.51. The van der Waals surface area contributed by atoms with Gasteiger partial charge in [-0.2, -0.15) is 5.26 Å². The van der Waals surface area contributed by atoms with Crippen LogP contribution < -0.4 is 0 Å². The Kier molecular flexibility index (Phi) is 4.18. The summed E-state index contributed by atoms with van der Waals surface area (Å²) in [7, 11) is 1.90. The number of rotatable bonds is 3. The molecule has 0 heterocycles. The van der Waals surface area contributed by atoms with Crippen molar-refractivity contribution in [1.29, 1.82) is 5.26 Å². The van der Waals surface area contributed by atoms with E-state index in [9.17, 15) is 10.1 Å². The fourth-order valence-electron chi connectivity index (χ4n) is 3.89. The van der Waals surface area contributed by atoms with Crippen molar-refractivity contribution >= 4 is 5.91 Å². The smallest absolute Gasteiger partial charge is 0.243 e. The molecule has 3 heteroatoms. The predicted molar refractivity (Wildman–Crippen MR) is 75.3 cm³/mol. The molecule has 0 bridgehead atoms. The highest BCUT2D eigenvalue weighted by molar-refractivity contribution is 5.86. The largest absolute Gasteiger partial charge is 0.341 e. The van der Waals surface area contributed by atoms with E-state index in [0.717, 1.165) is 31.6 Å². The number of carbonyl (C=O) groups is 1. The van der Waals surface area contributed by atoms with Crippen LogP contribution in [0.4, 0.5) is 0 Å². The fraction of sp³-hybridized carbons (Fsp3) is 0.875. The van der Waals surface area contributed by atoms with Crippen LogP contribution in [0.15, 0.2) is 0 Å². The quantitative estimate of drug-likeness (QED) is 0.783. The summed E-state index contributed by atoms with van der Waals surface area (Å²) < 4.78 is 0. The van der Waals surface area contributed by atoms with Gasteiger partial charge in [0.25, 0.3) is 0 Å². The molecule has 19 heavy (non-hydrogen) atoms.